The van der Waals surface area contributed by atoms with Gasteiger partial charge in [-0.15, -0.1) is 0 Å². The van der Waals surface area contributed by atoms with Crippen molar-refractivity contribution in [1.29, 1.82) is 0 Å². The summed E-state index contributed by atoms with van der Waals surface area (Å²) >= 11 is 0. The van der Waals surface area contributed by atoms with Crippen LogP contribution in [0.4, 0.5) is 4.79 Å². The van der Waals surface area contributed by atoms with E-state index in [9.17, 15) is 9.59 Å². The van der Waals surface area contributed by atoms with Gasteiger partial charge in [0.05, 0.1) is 12.7 Å². The van der Waals surface area contributed by atoms with Crippen molar-refractivity contribution in [3.05, 3.63) is 34.9 Å². The normalized spacial score (nSPS) is 13.4. The molecule has 0 aliphatic carbocycles. The second kappa shape index (κ2) is 3.84. The van der Waals surface area contributed by atoms with E-state index in [1.54, 1.807) is 18.2 Å². The highest BCUT2D eigenvalue weighted by Gasteiger charge is 2.24. The lowest BCUT2D eigenvalue weighted by Crippen LogP contribution is -2.24. The maximum Gasteiger partial charge on any atom is 0.410 e. The standard InChI is InChI=1S/C11H11NO4/c1-16-11(15)12-5-8-3-2-7(10(13)14)4-9(8)6-12/h2-4H,5-6H2,1H3,(H,13,14). The van der Waals surface area contributed by atoms with E-state index in [1.807, 2.05) is 0 Å². The molecule has 0 radical (unpaired) electrons. The zero-order valence-electron chi connectivity index (χ0n) is 8.77. The number of hydrogen-bond donors (Lipinski definition) is 1. The van der Waals surface area contributed by atoms with Crippen molar-refractivity contribution < 1.29 is 19.4 Å². The first-order valence-corrected chi connectivity index (χ1v) is 4.80. The number of carbonyl (C=O) groups excluding carboxylic acids is 1. The van der Waals surface area contributed by atoms with Crippen LogP contribution in [-0.2, 0) is 17.8 Å². The zero-order chi connectivity index (χ0) is 11.7. The highest BCUT2D eigenvalue weighted by atomic mass is 16.5. The van der Waals surface area contributed by atoms with E-state index in [-0.39, 0.29) is 5.56 Å². The number of carbonyl (C=O) groups is 2. The molecule has 2 rings (SSSR count). The van der Waals surface area contributed by atoms with E-state index in [1.165, 1.54) is 12.0 Å². The fourth-order valence-electron chi connectivity index (χ4n) is 1.79. The summed E-state index contributed by atoms with van der Waals surface area (Å²) in [6.07, 6.45) is -0.395. The molecule has 84 valence electrons. The largest absolute Gasteiger partial charge is 0.478 e. The van der Waals surface area contributed by atoms with Crippen LogP contribution in [0.3, 0.4) is 0 Å². The van der Waals surface area contributed by atoms with E-state index in [4.69, 9.17) is 5.11 Å². The summed E-state index contributed by atoms with van der Waals surface area (Å²) in [5.41, 5.74) is 2.08. The lowest BCUT2D eigenvalue weighted by molar-refractivity contribution is 0.0696. The van der Waals surface area contributed by atoms with Gasteiger partial charge in [-0.3, -0.25) is 4.90 Å². The van der Waals surface area contributed by atoms with Gasteiger partial charge in [-0.2, -0.15) is 0 Å². The minimum Gasteiger partial charge on any atom is -0.478 e. The first-order valence-electron chi connectivity index (χ1n) is 4.80. The lowest BCUT2D eigenvalue weighted by Gasteiger charge is -2.12. The Labute approximate surface area is 92.2 Å². The number of methoxy groups -OCH3 is 1. The number of hydrogen-bond acceptors (Lipinski definition) is 3. The Morgan fingerprint density at radius 2 is 2.00 bits per heavy atom. The summed E-state index contributed by atoms with van der Waals surface area (Å²) in [6.45, 7) is 0.880. The number of rotatable bonds is 1. The average molecular weight is 221 g/mol. The lowest BCUT2D eigenvalue weighted by atomic mass is 10.1. The van der Waals surface area contributed by atoms with Gasteiger partial charge < -0.3 is 9.84 Å². The molecular formula is C11H11NO4. The number of nitrogens with zero attached hydrogens (tertiary/aromatic N) is 1. The van der Waals surface area contributed by atoms with Gasteiger partial charge in [0.15, 0.2) is 0 Å². The van der Waals surface area contributed by atoms with Crippen LogP contribution in [0.2, 0.25) is 0 Å². The molecule has 1 aliphatic heterocycles. The van der Waals surface area contributed by atoms with Crippen LogP contribution in [-0.4, -0.2) is 29.2 Å². The number of benzene rings is 1. The molecule has 5 nitrogen and oxygen atoms in total. The molecule has 1 N–H and O–H groups in total. The van der Waals surface area contributed by atoms with Crippen LogP contribution in [0, 0.1) is 0 Å². The molecule has 0 spiro atoms. The third-order valence-corrected chi connectivity index (χ3v) is 2.61. The Morgan fingerprint density at radius 1 is 1.31 bits per heavy atom. The van der Waals surface area contributed by atoms with E-state index in [2.05, 4.69) is 4.74 Å². The molecule has 0 aromatic heterocycles. The Morgan fingerprint density at radius 3 is 2.62 bits per heavy atom. The van der Waals surface area contributed by atoms with E-state index >= 15 is 0 Å². The minimum absolute atomic E-state index is 0.241. The third kappa shape index (κ3) is 1.71. The summed E-state index contributed by atoms with van der Waals surface area (Å²) < 4.78 is 4.61. The van der Waals surface area contributed by atoms with E-state index in [0.29, 0.717) is 13.1 Å². The predicted molar refractivity (Wildman–Crippen MR) is 55.1 cm³/mol. The Kier molecular flexibility index (Phi) is 2.52. The van der Waals surface area contributed by atoms with Crippen molar-refractivity contribution in [1.82, 2.24) is 4.90 Å². The number of amides is 1. The molecule has 0 fully saturated rings. The van der Waals surface area contributed by atoms with Gasteiger partial charge in [-0.1, -0.05) is 6.07 Å². The van der Waals surface area contributed by atoms with Crippen LogP contribution < -0.4 is 0 Å². The first-order chi connectivity index (χ1) is 7.61. The van der Waals surface area contributed by atoms with Crippen LogP contribution in [0.5, 0.6) is 0 Å². The topological polar surface area (TPSA) is 66.8 Å². The Hall–Kier alpha value is -2.04. The SMILES string of the molecule is COC(=O)N1Cc2ccc(C(=O)O)cc2C1. The highest BCUT2D eigenvalue weighted by Crippen LogP contribution is 2.24. The monoisotopic (exact) mass is 221 g/mol. The Balaban J connectivity index is 2.24. The minimum atomic E-state index is -0.959. The highest BCUT2D eigenvalue weighted by molar-refractivity contribution is 5.88. The smallest absolute Gasteiger partial charge is 0.410 e. The molecule has 1 aromatic rings. The first kappa shape index (κ1) is 10.5. The predicted octanol–water partition coefficient (Wildman–Crippen LogP) is 1.47. The molecule has 1 aliphatic rings. The maximum absolute atomic E-state index is 11.3. The summed E-state index contributed by atoms with van der Waals surface area (Å²) in [6, 6.07) is 4.88. The fraction of sp³-hybridized carbons (Fsp3) is 0.273. The molecule has 16 heavy (non-hydrogen) atoms. The molecular weight excluding hydrogens is 210 g/mol. The van der Waals surface area contributed by atoms with Gasteiger partial charge in [0.25, 0.3) is 0 Å². The second-order valence-electron chi connectivity index (χ2n) is 3.61. The zero-order valence-corrected chi connectivity index (χ0v) is 8.77. The molecule has 0 bridgehead atoms. The van der Waals surface area contributed by atoms with Crippen LogP contribution in [0.1, 0.15) is 21.5 Å². The number of carboxylic acids is 1. The maximum atomic E-state index is 11.3. The van der Waals surface area contributed by atoms with Crippen LogP contribution >= 0.6 is 0 Å². The van der Waals surface area contributed by atoms with Crippen molar-refractivity contribution in [3.63, 3.8) is 0 Å². The van der Waals surface area contributed by atoms with Gasteiger partial charge in [-0.05, 0) is 23.3 Å². The molecule has 0 saturated carbocycles. The summed E-state index contributed by atoms with van der Waals surface area (Å²) in [5, 5.41) is 8.83. The van der Waals surface area contributed by atoms with Gasteiger partial charge in [0, 0.05) is 13.1 Å². The number of carboxylic acid groups (broad SMARTS) is 1. The molecule has 1 aromatic carbocycles. The third-order valence-electron chi connectivity index (χ3n) is 2.61. The average Bonchev–Trinajstić information content (AvgIpc) is 2.70. The summed E-state index contributed by atoms with van der Waals surface area (Å²) in [4.78, 5) is 23.6. The van der Waals surface area contributed by atoms with E-state index < -0.39 is 12.1 Å². The molecule has 5 heteroatoms. The molecule has 1 heterocycles. The van der Waals surface area contributed by atoms with Crippen molar-refractivity contribution in [3.8, 4) is 0 Å². The quantitative estimate of drug-likeness (QED) is 0.779. The molecule has 0 saturated heterocycles. The second-order valence-corrected chi connectivity index (χ2v) is 3.61. The molecule has 0 atom stereocenters. The molecule has 0 unspecified atom stereocenters. The van der Waals surface area contributed by atoms with Crippen molar-refractivity contribution in [2.75, 3.05) is 7.11 Å². The fourth-order valence-corrected chi connectivity index (χ4v) is 1.79. The van der Waals surface area contributed by atoms with E-state index in [0.717, 1.165) is 11.1 Å². The van der Waals surface area contributed by atoms with Crippen molar-refractivity contribution in [2.24, 2.45) is 0 Å². The van der Waals surface area contributed by atoms with Crippen molar-refractivity contribution >= 4 is 12.1 Å². The Bertz CT molecular complexity index is 455. The van der Waals surface area contributed by atoms with Gasteiger partial charge in [0.2, 0.25) is 0 Å². The van der Waals surface area contributed by atoms with Crippen LogP contribution in [0.15, 0.2) is 18.2 Å². The van der Waals surface area contributed by atoms with Gasteiger partial charge in [-0.25, -0.2) is 9.59 Å². The van der Waals surface area contributed by atoms with Gasteiger partial charge >= 0.3 is 12.1 Å². The molecule has 1 amide bonds. The number of aromatic carboxylic acids is 1. The van der Waals surface area contributed by atoms with Gasteiger partial charge in [0.1, 0.15) is 0 Å². The summed E-state index contributed by atoms with van der Waals surface area (Å²) in [7, 11) is 1.33. The summed E-state index contributed by atoms with van der Waals surface area (Å²) in [5.74, 6) is -0.959. The van der Waals surface area contributed by atoms with Crippen molar-refractivity contribution in [2.45, 2.75) is 13.1 Å². The number of ether oxygens (including phenoxy) is 1. The number of fused-ring (bicyclic) bond motifs is 1. The van der Waals surface area contributed by atoms with Crippen LogP contribution in [0.25, 0.3) is 0 Å².